The van der Waals surface area contributed by atoms with Gasteiger partial charge in [0.1, 0.15) is 18.5 Å². The van der Waals surface area contributed by atoms with Gasteiger partial charge in [0.15, 0.2) is 0 Å². The van der Waals surface area contributed by atoms with E-state index in [1.165, 1.54) is 11.1 Å². The van der Waals surface area contributed by atoms with E-state index in [1.807, 2.05) is 37.3 Å². The summed E-state index contributed by atoms with van der Waals surface area (Å²) in [5, 5.41) is 23.5. The molecule has 0 saturated heterocycles. The van der Waals surface area contributed by atoms with Crippen LogP contribution in [0.4, 0.5) is 4.79 Å². The van der Waals surface area contributed by atoms with Crippen molar-refractivity contribution in [2.24, 2.45) is 0 Å². The molecule has 0 aliphatic heterocycles. The van der Waals surface area contributed by atoms with Crippen molar-refractivity contribution in [1.82, 2.24) is 5.32 Å². The van der Waals surface area contributed by atoms with Crippen molar-refractivity contribution in [2.75, 3.05) is 20.3 Å². The lowest BCUT2D eigenvalue weighted by molar-refractivity contribution is 0.0135. The van der Waals surface area contributed by atoms with Gasteiger partial charge in [0.2, 0.25) is 0 Å². The number of amides is 1. The van der Waals surface area contributed by atoms with Crippen molar-refractivity contribution in [3.63, 3.8) is 0 Å². The van der Waals surface area contributed by atoms with Gasteiger partial charge in [-0.2, -0.15) is 0 Å². The maximum absolute atomic E-state index is 12.3. The molecule has 3 aromatic rings. The van der Waals surface area contributed by atoms with Crippen LogP contribution in [0.2, 0.25) is 0 Å². The van der Waals surface area contributed by atoms with Crippen LogP contribution in [0.5, 0.6) is 5.75 Å². The number of carbonyl (C=O) groups is 1. The summed E-state index contributed by atoms with van der Waals surface area (Å²) in [5.41, 5.74) is 6.14. The molecule has 2 atom stereocenters. The van der Waals surface area contributed by atoms with E-state index in [4.69, 9.17) is 9.47 Å². The maximum atomic E-state index is 12.3. The zero-order chi connectivity index (χ0) is 23.4. The summed E-state index contributed by atoms with van der Waals surface area (Å²) in [6.07, 6.45) is -2.48. The van der Waals surface area contributed by atoms with E-state index in [0.717, 1.165) is 16.7 Å². The molecular formula is C27H29NO5. The molecule has 0 aromatic heterocycles. The number of hydrogen-bond acceptors (Lipinski definition) is 5. The highest BCUT2D eigenvalue weighted by Gasteiger charge is 2.29. The van der Waals surface area contributed by atoms with Crippen LogP contribution < -0.4 is 10.1 Å². The zero-order valence-corrected chi connectivity index (χ0v) is 18.8. The number of aliphatic hydroxyl groups is 2. The number of aryl methyl sites for hydroxylation is 1. The van der Waals surface area contributed by atoms with Crippen LogP contribution in [-0.4, -0.2) is 42.7 Å². The van der Waals surface area contributed by atoms with Gasteiger partial charge >= 0.3 is 6.09 Å². The average Bonchev–Trinajstić information content (AvgIpc) is 3.15. The van der Waals surface area contributed by atoms with Crippen LogP contribution >= 0.6 is 0 Å². The Bertz CT molecular complexity index is 1080. The number of hydrogen-bond donors (Lipinski definition) is 3. The number of aliphatic hydroxyl groups excluding tert-OH is 2. The van der Waals surface area contributed by atoms with E-state index in [2.05, 4.69) is 29.6 Å². The molecule has 4 rings (SSSR count). The fourth-order valence-electron chi connectivity index (χ4n) is 4.42. The first-order valence-electron chi connectivity index (χ1n) is 11.1. The van der Waals surface area contributed by atoms with Crippen LogP contribution in [0, 0.1) is 6.92 Å². The second kappa shape index (κ2) is 10.1. The van der Waals surface area contributed by atoms with E-state index in [9.17, 15) is 15.0 Å². The summed E-state index contributed by atoms with van der Waals surface area (Å²) in [4.78, 5) is 12.3. The Balaban J connectivity index is 1.29. The molecule has 0 spiro atoms. The third-order valence-corrected chi connectivity index (χ3v) is 6.07. The molecule has 172 valence electrons. The lowest BCUT2D eigenvalue weighted by Gasteiger charge is -2.20. The van der Waals surface area contributed by atoms with Crippen LogP contribution in [0.15, 0.2) is 66.7 Å². The molecule has 1 aliphatic rings. The monoisotopic (exact) mass is 447 g/mol. The predicted octanol–water partition coefficient (Wildman–Crippen LogP) is 4.33. The number of rotatable bonds is 8. The van der Waals surface area contributed by atoms with E-state index in [1.54, 1.807) is 19.2 Å². The summed E-state index contributed by atoms with van der Waals surface area (Å²) in [7, 11) is 1.56. The summed E-state index contributed by atoms with van der Waals surface area (Å²) in [6.45, 7) is 2.30. The van der Waals surface area contributed by atoms with Gasteiger partial charge in [0.05, 0.1) is 13.2 Å². The fourth-order valence-corrected chi connectivity index (χ4v) is 4.42. The Labute approximate surface area is 193 Å². The quantitative estimate of drug-likeness (QED) is 0.479. The zero-order valence-electron chi connectivity index (χ0n) is 18.8. The molecule has 0 fully saturated rings. The molecule has 33 heavy (non-hydrogen) atoms. The van der Waals surface area contributed by atoms with Crippen molar-refractivity contribution in [1.29, 1.82) is 0 Å². The Hall–Kier alpha value is -3.35. The van der Waals surface area contributed by atoms with Gasteiger partial charge in [-0.1, -0.05) is 54.6 Å². The number of ether oxygens (including phenoxy) is 2. The van der Waals surface area contributed by atoms with E-state index in [0.29, 0.717) is 11.3 Å². The minimum absolute atomic E-state index is 0.00753. The molecule has 1 amide bonds. The molecule has 3 aromatic carbocycles. The van der Waals surface area contributed by atoms with Crippen molar-refractivity contribution in [3.05, 3.63) is 89.0 Å². The first kappa shape index (κ1) is 22.8. The summed E-state index contributed by atoms with van der Waals surface area (Å²) < 4.78 is 10.7. The van der Waals surface area contributed by atoms with Gasteiger partial charge in [-0.15, -0.1) is 0 Å². The fraction of sp³-hybridized carbons (Fsp3) is 0.296. The second-order valence-electron chi connectivity index (χ2n) is 8.34. The highest BCUT2D eigenvalue weighted by molar-refractivity contribution is 5.79. The Morgan fingerprint density at radius 3 is 2.27 bits per heavy atom. The number of fused-ring (bicyclic) bond motifs is 3. The van der Waals surface area contributed by atoms with Gasteiger partial charge in [-0.3, -0.25) is 0 Å². The van der Waals surface area contributed by atoms with Gasteiger partial charge in [-0.05, 0) is 58.9 Å². The van der Waals surface area contributed by atoms with E-state index in [-0.39, 0.29) is 25.5 Å². The standard InChI is InChI=1S/C27H29NO5/c1-17-13-18(15-19(14-17)32-2)26(30)25(29)11-12-28-27(31)33-16-24-22-9-5-3-7-20(22)21-8-4-6-10-23(21)24/h3-10,13-15,24-26,29-30H,11-12,16H2,1-2H3,(H,28,31). The predicted molar refractivity (Wildman–Crippen MR) is 126 cm³/mol. The van der Waals surface area contributed by atoms with E-state index < -0.39 is 18.3 Å². The van der Waals surface area contributed by atoms with Gasteiger partial charge in [0.25, 0.3) is 0 Å². The number of methoxy groups -OCH3 is 1. The van der Waals surface area contributed by atoms with Crippen molar-refractivity contribution >= 4 is 6.09 Å². The molecule has 0 heterocycles. The number of nitrogens with one attached hydrogen (secondary N) is 1. The molecule has 1 aliphatic carbocycles. The van der Waals surface area contributed by atoms with Gasteiger partial charge in [0, 0.05) is 12.5 Å². The van der Waals surface area contributed by atoms with Crippen molar-refractivity contribution < 1.29 is 24.5 Å². The molecule has 2 unspecified atom stereocenters. The van der Waals surface area contributed by atoms with E-state index >= 15 is 0 Å². The summed E-state index contributed by atoms with van der Waals surface area (Å²) in [5.74, 6) is 0.611. The third kappa shape index (κ3) is 5.02. The Kier molecular flexibility index (Phi) is 6.96. The first-order valence-corrected chi connectivity index (χ1v) is 11.1. The SMILES string of the molecule is COc1cc(C)cc(C(O)C(O)CCNC(=O)OCC2c3ccccc3-c3ccccc32)c1. The molecular weight excluding hydrogens is 418 g/mol. The van der Waals surface area contributed by atoms with Crippen LogP contribution in [0.25, 0.3) is 11.1 Å². The van der Waals surface area contributed by atoms with Crippen LogP contribution in [0.1, 0.15) is 40.7 Å². The summed E-state index contributed by atoms with van der Waals surface area (Å²) in [6, 6.07) is 21.7. The van der Waals surface area contributed by atoms with Crippen LogP contribution in [0.3, 0.4) is 0 Å². The van der Waals surface area contributed by atoms with Gasteiger partial charge < -0.3 is 25.0 Å². The average molecular weight is 448 g/mol. The topological polar surface area (TPSA) is 88.0 Å². The number of benzene rings is 3. The van der Waals surface area contributed by atoms with Crippen molar-refractivity contribution in [2.45, 2.75) is 31.5 Å². The lowest BCUT2D eigenvalue weighted by Crippen LogP contribution is -2.30. The number of alkyl carbamates (subject to hydrolysis) is 1. The van der Waals surface area contributed by atoms with Gasteiger partial charge in [-0.25, -0.2) is 4.79 Å². The maximum Gasteiger partial charge on any atom is 0.407 e. The molecule has 0 radical (unpaired) electrons. The molecule has 0 bridgehead atoms. The largest absolute Gasteiger partial charge is 0.497 e. The first-order chi connectivity index (χ1) is 16.0. The molecule has 0 saturated carbocycles. The second-order valence-corrected chi connectivity index (χ2v) is 8.34. The highest BCUT2D eigenvalue weighted by Crippen LogP contribution is 2.44. The molecule has 3 N–H and O–H groups in total. The third-order valence-electron chi connectivity index (χ3n) is 6.07. The Morgan fingerprint density at radius 2 is 1.64 bits per heavy atom. The number of carbonyl (C=O) groups excluding carboxylic acids is 1. The van der Waals surface area contributed by atoms with Crippen LogP contribution in [-0.2, 0) is 4.74 Å². The highest BCUT2D eigenvalue weighted by atomic mass is 16.5. The van der Waals surface area contributed by atoms with Crippen molar-refractivity contribution in [3.8, 4) is 16.9 Å². The minimum atomic E-state index is -1.08. The summed E-state index contributed by atoms with van der Waals surface area (Å²) >= 11 is 0. The molecule has 6 nitrogen and oxygen atoms in total. The minimum Gasteiger partial charge on any atom is -0.497 e. The smallest absolute Gasteiger partial charge is 0.407 e. The lowest BCUT2D eigenvalue weighted by atomic mass is 9.98. The molecule has 6 heteroatoms. The Morgan fingerprint density at radius 1 is 1.00 bits per heavy atom. The normalized spacial score (nSPS) is 14.2.